The van der Waals surface area contributed by atoms with Crippen LogP contribution < -0.4 is 5.32 Å². The molecule has 0 atom stereocenters. The molecule has 7 heteroatoms. The van der Waals surface area contributed by atoms with Crippen molar-refractivity contribution in [2.45, 2.75) is 33.0 Å². The molecular formula is C28H28FN5O. The van der Waals surface area contributed by atoms with Crippen molar-refractivity contribution in [1.29, 1.82) is 0 Å². The smallest absolute Gasteiger partial charge is 0.251 e. The number of hydrogen-bond acceptors (Lipinski definition) is 4. The summed E-state index contributed by atoms with van der Waals surface area (Å²) >= 11 is 0. The van der Waals surface area contributed by atoms with E-state index in [0.29, 0.717) is 11.4 Å². The molecule has 0 unspecified atom stereocenters. The van der Waals surface area contributed by atoms with Crippen molar-refractivity contribution in [2.24, 2.45) is 0 Å². The number of aromatic nitrogens is 3. The average Bonchev–Trinajstić information content (AvgIpc) is 3.15. The summed E-state index contributed by atoms with van der Waals surface area (Å²) in [6.45, 7) is 5.77. The number of carbonyl (C=O) groups is 1. The minimum absolute atomic E-state index is 0.251. The lowest BCUT2D eigenvalue weighted by Gasteiger charge is -2.20. The van der Waals surface area contributed by atoms with Gasteiger partial charge in [-0.2, -0.15) is 0 Å². The molecule has 1 aliphatic rings. The second-order valence-electron chi connectivity index (χ2n) is 8.92. The van der Waals surface area contributed by atoms with Gasteiger partial charge in [-0.05, 0) is 53.4 Å². The van der Waals surface area contributed by atoms with Crippen molar-refractivity contribution < 1.29 is 9.18 Å². The average molecular weight is 470 g/mol. The first-order valence-electron chi connectivity index (χ1n) is 11.9. The van der Waals surface area contributed by atoms with Gasteiger partial charge in [-0.3, -0.25) is 9.69 Å². The molecule has 178 valence electrons. The van der Waals surface area contributed by atoms with Gasteiger partial charge in [-0.15, -0.1) is 10.2 Å². The number of carbonyl (C=O) groups excluding carboxylic acids is 1. The minimum atomic E-state index is -0.432. The lowest BCUT2D eigenvalue weighted by Crippen LogP contribution is -2.28. The third kappa shape index (κ3) is 5.30. The van der Waals surface area contributed by atoms with Gasteiger partial charge in [0.15, 0.2) is 5.82 Å². The molecule has 3 aromatic carbocycles. The van der Waals surface area contributed by atoms with Crippen molar-refractivity contribution in [3.05, 3.63) is 107 Å². The van der Waals surface area contributed by atoms with Gasteiger partial charge in [0.2, 0.25) is 0 Å². The highest BCUT2D eigenvalue weighted by Gasteiger charge is 2.19. The Morgan fingerprint density at radius 2 is 1.83 bits per heavy atom. The molecule has 5 rings (SSSR count). The summed E-state index contributed by atoms with van der Waals surface area (Å²) in [5.74, 6) is 0.883. The van der Waals surface area contributed by atoms with Crippen molar-refractivity contribution >= 4 is 5.91 Å². The molecule has 1 amide bonds. The molecule has 4 aromatic rings. The molecule has 0 saturated carbocycles. The number of halogens is 1. The molecular weight excluding hydrogens is 441 g/mol. The van der Waals surface area contributed by atoms with E-state index in [1.54, 1.807) is 6.07 Å². The lowest BCUT2D eigenvalue weighted by molar-refractivity contribution is 0.0949. The van der Waals surface area contributed by atoms with E-state index in [1.165, 1.54) is 40.5 Å². The second kappa shape index (κ2) is 10.2. The van der Waals surface area contributed by atoms with Gasteiger partial charge in [-0.1, -0.05) is 48.5 Å². The maximum Gasteiger partial charge on any atom is 0.251 e. The number of aryl methyl sites for hydroxylation is 1. The van der Waals surface area contributed by atoms with Gasteiger partial charge in [0, 0.05) is 38.2 Å². The molecule has 0 fully saturated rings. The number of benzene rings is 3. The third-order valence-corrected chi connectivity index (χ3v) is 6.48. The molecule has 0 spiro atoms. The van der Waals surface area contributed by atoms with Crippen molar-refractivity contribution in [3.63, 3.8) is 0 Å². The Balaban J connectivity index is 1.22. The number of amides is 1. The van der Waals surface area contributed by atoms with Crippen molar-refractivity contribution in [2.75, 3.05) is 13.1 Å². The second-order valence-corrected chi connectivity index (χ2v) is 8.92. The highest BCUT2D eigenvalue weighted by atomic mass is 19.1. The molecule has 0 radical (unpaired) electrons. The summed E-state index contributed by atoms with van der Waals surface area (Å²) in [6, 6.07) is 22.9. The number of rotatable bonds is 6. The molecule has 35 heavy (non-hydrogen) atoms. The van der Waals surface area contributed by atoms with E-state index in [-0.39, 0.29) is 12.5 Å². The fraction of sp³-hybridized carbons (Fsp3) is 0.250. The van der Waals surface area contributed by atoms with Crippen LogP contribution in [-0.4, -0.2) is 38.7 Å². The van der Waals surface area contributed by atoms with E-state index in [1.807, 2.05) is 0 Å². The SMILES string of the molecule is Cc1ccccc1-c1cccc(CN2CCc3nnc(CNC(=O)c4cccc(F)c4)n3CC2)c1. The van der Waals surface area contributed by atoms with Crippen LogP contribution in [0, 0.1) is 12.7 Å². The van der Waals surface area contributed by atoms with E-state index < -0.39 is 5.82 Å². The summed E-state index contributed by atoms with van der Waals surface area (Å²) in [7, 11) is 0. The fourth-order valence-electron chi connectivity index (χ4n) is 4.60. The zero-order valence-corrected chi connectivity index (χ0v) is 19.7. The zero-order chi connectivity index (χ0) is 24.2. The van der Waals surface area contributed by atoms with E-state index in [9.17, 15) is 9.18 Å². The normalized spacial score (nSPS) is 13.8. The van der Waals surface area contributed by atoms with Gasteiger partial charge in [0.25, 0.3) is 5.91 Å². The molecule has 0 aliphatic carbocycles. The highest BCUT2D eigenvalue weighted by Crippen LogP contribution is 2.24. The largest absolute Gasteiger partial charge is 0.345 e. The van der Waals surface area contributed by atoms with E-state index in [0.717, 1.165) is 38.4 Å². The topological polar surface area (TPSA) is 63.1 Å². The van der Waals surface area contributed by atoms with Crippen LogP contribution in [0.2, 0.25) is 0 Å². The Morgan fingerprint density at radius 3 is 2.69 bits per heavy atom. The van der Waals surface area contributed by atoms with E-state index in [2.05, 4.69) is 80.4 Å². The number of nitrogens with zero attached hydrogens (tertiary/aromatic N) is 4. The Bertz CT molecular complexity index is 1350. The monoisotopic (exact) mass is 469 g/mol. The zero-order valence-electron chi connectivity index (χ0n) is 19.7. The molecule has 2 heterocycles. The van der Waals surface area contributed by atoms with Gasteiger partial charge in [-0.25, -0.2) is 4.39 Å². The molecule has 1 N–H and O–H groups in total. The molecule has 0 bridgehead atoms. The van der Waals surface area contributed by atoms with Gasteiger partial charge in [0.1, 0.15) is 11.6 Å². The van der Waals surface area contributed by atoms with Gasteiger partial charge >= 0.3 is 0 Å². The van der Waals surface area contributed by atoms with Crippen LogP contribution in [0.25, 0.3) is 11.1 Å². The van der Waals surface area contributed by atoms with Gasteiger partial charge in [0.05, 0.1) is 6.54 Å². The predicted octanol–water partition coefficient (Wildman–Crippen LogP) is 4.38. The summed E-state index contributed by atoms with van der Waals surface area (Å²) in [4.78, 5) is 14.8. The Kier molecular flexibility index (Phi) is 6.68. The predicted molar refractivity (Wildman–Crippen MR) is 133 cm³/mol. The summed E-state index contributed by atoms with van der Waals surface area (Å²) in [5, 5.41) is 11.5. The lowest BCUT2D eigenvalue weighted by atomic mass is 9.99. The van der Waals surface area contributed by atoms with Crippen LogP contribution in [0.4, 0.5) is 4.39 Å². The third-order valence-electron chi connectivity index (χ3n) is 6.48. The Hall–Kier alpha value is -3.84. The Labute approximate surface area is 204 Å². The van der Waals surface area contributed by atoms with Crippen LogP contribution >= 0.6 is 0 Å². The van der Waals surface area contributed by atoms with Crippen LogP contribution in [0.3, 0.4) is 0 Å². The standard InChI is InChI=1S/C28H28FN5O/c1-20-6-2-3-11-25(20)22-8-4-7-21(16-22)19-33-13-12-26-31-32-27(34(26)15-14-33)18-30-28(35)23-9-5-10-24(29)17-23/h2-11,16-17H,12-15,18-19H2,1H3,(H,30,35). The number of fused-ring (bicyclic) bond motifs is 1. The molecule has 1 aromatic heterocycles. The molecule has 0 saturated heterocycles. The highest BCUT2D eigenvalue weighted by molar-refractivity contribution is 5.94. The quantitative estimate of drug-likeness (QED) is 0.455. The van der Waals surface area contributed by atoms with Crippen LogP contribution in [0.15, 0.2) is 72.8 Å². The fourth-order valence-corrected chi connectivity index (χ4v) is 4.60. The van der Waals surface area contributed by atoms with Crippen molar-refractivity contribution in [1.82, 2.24) is 25.0 Å². The molecule has 1 aliphatic heterocycles. The van der Waals surface area contributed by atoms with Crippen LogP contribution in [-0.2, 0) is 26.1 Å². The Morgan fingerprint density at radius 1 is 0.971 bits per heavy atom. The summed E-state index contributed by atoms with van der Waals surface area (Å²) in [5.41, 5.74) is 5.35. The minimum Gasteiger partial charge on any atom is -0.345 e. The van der Waals surface area contributed by atoms with E-state index in [4.69, 9.17) is 0 Å². The number of hydrogen-bond donors (Lipinski definition) is 1. The maximum atomic E-state index is 13.4. The first-order valence-corrected chi connectivity index (χ1v) is 11.9. The van der Waals surface area contributed by atoms with Crippen molar-refractivity contribution in [3.8, 4) is 11.1 Å². The summed E-state index contributed by atoms with van der Waals surface area (Å²) in [6.07, 6.45) is 0.794. The maximum absolute atomic E-state index is 13.4. The first-order chi connectivity index (χ1) is 17.1. The summed E-state index contributed by atoms with van der Waals surface area (Å²) < 4.78 is 15.5. The van der Waals surface area contributed by atoms with Crippen LogP contribution in [0.5, 0.6) is 0 Å². The first kappa shape index (κ1) is 22.9. The van der Waals surface area contributed by atoms with Crippen LogP contribution in [0.1, 0.15) is 33.1 Å². The van der Waals surface area contributed by atoms with E-state index >= 15 is 0 Å². The molecule has 6 nitrogen and oxygen atoms in total. The number of nitrogens with one attached hydrogen (secondary N) is 1. The van der Waals surface area contributed by atoms with Gasteiger partial charge < -0.3 is 9.88 Å².